The molecule has 0 heterocycles. The molecule has 3 atom stereocenters. The maximum Gasteiger partial charge on any atom is 0.153 e. The van der Waals surface area contributed by atoms with E-state index in [1.54, 1.807) is 19.1 Å². The van der Waals surface area contributed by atoms with Gasteiger partial charge in [0.2, 0.25) is 0 Å². The Morgan fingerprint density at radius 2 is 1.88 bits per heavy atom. The molecule has 17 heavy (non-hydrogen) atoms. The van der Waals surface area contributed by atoms with Gasteiger partial charge in [0.25, 0.3) is 0 Å². The van der Waals surface area contributed by atoms with Crippen molar-refractivity contribution >= 4 is 21.4 Å². The van der Waals surface area contributed by atoms with Crippen molar-refractivity contribution in [1.29, 1.82) is 0 Å². The van der Waals surface area contributed by atoms with E-state index in [9.17, 15) is 8.42 Å². The van der Waals surface area contributed by atoms with Gasteiger partial charge in [-0.15, -0.1) is 0 Å². The molecule has 0 saturated heterocycles. The molecule has 2 N–H and O–H groups in total. The molecule has 0 amide bonds. The third-order valence-electron chi connectivity index (χ3n) is 3.44. The highest BCUT2D eigenvalue weighted by molar-refractivity contribution is 7.92. The van der Waals surface area contributed by atoms with E-state index in [0.717, 1.165) is 5.56 Å². The normalized spacial score (nSPS) is 28.1. The first-order valence-electron chi connectivity index (χ1n) is 5.68. The highest BCUT2D eigenvalue weighted by Crippen LogP contribution is 2.51. The Hall–Kier alpha value is -0.580. The summed E-state index contributed by atoms with van der Waals surface area (Å²) in [5.41, 5.74) is 6.66. The molecule has 94 valence electrons. The summed E-state index contributed by atoms with van der Waals surface area (Å²) in [5.74, 6) is 0.279. The van der Waals surface area contributed by atoms with Crippen molar-refractivity contribution in [3.63, 3.8) is 0 Å². The van der Waals surface area contributed by atoms with Crippen LogP contribution in [0.5, 0.6) is 0 Å². The zero-order valence-electron chi connectivity index (χ0n) is 9.64. The highest BCUT2D eigenvalue weighted by atomic mass is 35.5. The van der Waals surface area contributed by atoms with Gasteiger partial charge in [0, 0.05) is 16.7 Å². The Morgan fingerprint density at radius 1 is 1.29 bits per heavy atom. The van der Waals surface area contributed by atoms with Gasteiger partial charge in [-0.1, -0.05) is 30.7 Å². The molecule has 3 nitrogen and oxygen atoms in total. The van der Waals surface area contributed by atoms with E-state index in [1.807, 2.05) is 12.1 Å². The second-order valence-electron chi connectivity index (χ2n) is 4.39. The SMILES string of the molecule is CCS(=O)(=O)[C@H]1[C@H](CN)[C@@H]1c1ccc(Cl)cc1. The molecule has 1 saturated carbocycles. The van der Waals surface area contributed by atoms with Crippen LogP contribution in [0.1, 0.15) is 18.4 Å². The molecule has 1 aliphatic rings. The number of nitrogens with two attached hydrogens (primary N) is 1. The minimum absolute atomic E-state index is 0.0437. The Morgan fingerprint density at radius 3 is 2.35 bits per heavy atom. The van der Waals surface area contributed by atoms with Crippen molar-refractivity contribution in [2.75, 3.05) is 12.3 Å². The largest absolute Gasteiger partial charge is 0.330 e. The van der Waals surface area contributed by atoms with Crippen LogP contribution in [-0.2, 0) is 9.84 Å². The molecule has 0 bridgehead atoms. The first-order valence-corrected chi connectivity index (χ1v) is 7.77. The third kappa shape index (κ3) is 2.34. The summed E-state index contributed by atoms with van der Waals surface area (Å²) < 4.78 is 23.8. The van der Waals surface area contributed by atoms with Crippen molar-refractivity contribution in [2.45, 2.75) is 18.1 Å². The second-order valence-corrected chi connectivity index (χ2v) is 7.28. The predicted molar refractivity (Wildman–Crippen MR) is 70.0 cm³/mol. The number of benzene rings is 1. The molecule has 1 aliphatic carbocycles. The highest BCUT2D eigenvalue weighted by Gasteiger charge is 2.56. The topological polar surface area (TPSA) is 60.2 Å². The predicted octanol–water partition coefficient (Wildman–Crippen LogP) is 1.82. The Labute approximate surface area is 107 Å². The van der Waals surface area contributed by atoms with E-state index in [0.29, 0.717) is 11.6 Å². The maximum absolute atomic E-state index is 11.9. The average molecular weight is 274 g/mol. The number of halogens is 1. The van der Waals surface area contributed by atoms with Crippen molar-refractivity contribution in [3.8, 4) is 0 Å². The molecule has 0 unspecified atom stereocenters. The van der Waals surface area contributed by atoms with Gasteiger partial charge in [-0.3, -0.25) is 0 Å². The van der Waals surface area contributed by atoms with E-state index in [-0.39, 0.29) is 22.8 Å². The van der Waals surface area contributed by atoms with Gasteiger partial charge in [-0.2, -0.15) is 0 Å². The van der Waals surface area contributed by atoms with Crippen molar-refractivity contribution in [2.24, 2.45) is 11.7 Å². The van der Waals surface area contributed by atoms with Crippen LogP contribution < -0.4 is 5.73 Å². The summed E-state index contributed by atoms with van der Waals surface area (Å²) >= 11 is 5.82. The van der Waals surface area contributed by atoms with Gasteiger partial charge in [0.05, 0.1) is 5.25 Å². The molecule has 1 aromatic rings. The van der Waals surface area contributed by atoms with Crippen LogP contribution in [0.3, 0.4) is 0 Å². The monoisotopic (exact) mass is 273 g/mol. The summed E-state index contributed by atoms with van der Waals surface area (Å²) in [4.78, 5) is 0. The molecule has 0 aromatic heterocycles. The molecule has 2 rings (SSSR count). The summed E-state index contributed by atoms with van der Waals surface area (Å²) in [6.45, 7) is 2.09. The second kappa shape index (κ2) is 4.59. The van der Waals surface area contributed by atoms with Crippen molar-refractivity contribution in [3.05, 3.63) is 34.9 Å². The number of hydrogen-bond acceptors (Lipinski definition) is 3. The Kier molecular flexibility index (Phi) is 3.48. The molecule has 0 aliphatic heterocycles. The van der Waals surface area contributed by atoms with E-state index >= 15 is 0 Å². The van der Waals surface area contributed by atoms with Gasteiger partial charge in [-0.25, -0.2) is 8.42 Å². The third-order valence-corrected chi connectivity index (χ3v) is 5.97. The van der Waals surface area contributed by atoms with Crippen LogP contribution in [0.2, 0.25) is 5.02 Å². The van der Waals surface area contributed by atoms with Gasteiger partial charge >= 0.3 is 0 Å². The molecule has 1 fully saturated rings. The van der Waals surface area contributed by atoms with Crippen molar-refractivity contribution < 1.29 is 8.42 Å². The molecular formula is C12H16ClNO2S. The minimum Gasteiger partial charge on any atom is -0.330 e. The maximum atomic E-state index is 11.9. The Bertz CT molecular complexity index is 498. The van der Waals surface area contributed by atoms with Gasteiger partial charge < -0.3 is 5.73 Å². The molecule has 0 radical (unpaired) electrons. The zero-order valence-corrected chi connectivity index (χ0v) is 11.2. The number of sulfone groups is 1. The first-order chi connectivity index (χ1) is 8.01. The lowest BCUT2D eigenvalue weighted by Crippen LogP contribution is -2.15. The molecule has 5 heteroatoms. The van der Waals surface area contributed by atoms with Crippen LogP contribution in [-0.4, -0.2) is 26.0 Å². The van der Waals surface area contributed by atoms with Gasteiger partial charge in [-0.05, 0) is 30.2 Å². The first kappa shape index (κ1) is 12.9. The van der Waals surface area contributed by atoms with Crippen LogP contribution in [0.25, 0.3) is 0 Å². The van der Waals surface area contributed by atoms with E-state index in [1.165, 1.54) is 0 Å². The van der Waals surface area contributed by atoms with Crippen LogP contribution in [0.4, 0.5) is 0 Å². The number of hydrogen-bond donors (Lipinski definition) is 1. The lowest BCUT2D eigenvalue weighted by Gasteiger charge is -2.00. The lowest BCUT2D eigenvalue weighted by molar-refractivity contribution is 0.593. The summed E-state index contributed by atoms with van der Waals surface area (Å²) in [6, 6.07) is 7.36. The molecular weight excluding hydrogens is 258 g/mol. The summed E-state index contributed by atoms with van der Waals surface area (Å²) in [5, 5.41) is 0.354. The van der Waals surface area contributed by atoms with Crippen LogP contribution >= 0.6 is 11.6 Å². The van der Waals surface area contributed by atoms with Crippen LogP contribution in [0, 0.1) is 5.92 Å². The molecule has 0 spiro atoms. The van der Waals surface area contributed by atoms with Gasteiger partial charge in [0.1, 0.15) is 0 Å². The lowest BCUT2D eigenvalue weighted by atomic mass is 10.1. The van der Waals surface area contributed by atoms with Gasteiger partial charge in [0.15, 0.2) is 9.84 Å². The quantitative estimate of drug-likeness (QED) is 0.910. The molecule has 1 aromatic carbocycles. The summed E-state index contributed by atoms with van der Waals surface area (Å²) in [7, 11) is -3.01. The van der Waals surface area contributed by atoms with Crippen LogP contribution in [0.15, 0.2) is 24.3 Å². The summed E-state index contributed by atoms with van der Waals surface area (Å²) in [6.07, 6.45) is 0. The smallest absolute Gasteiger partial charge is 0.153 e. The fourth-order valence-electron chi connectivity index (χ4n) is 2.43. The zero-order chi connectivity index (χ0) is 12.6. The standard InChI is InChI=1S/C12H16ClNO2S/c1-2-17(15,16)12-10(7-14)11(12)8-3-5-9(13)6-4-8/h3-6,10-12H,2,7,14H2,1H3/t10-,11+,12+/m1/s1. The fraction of sp³-hybridized carbons (Fsp3) is 0.500. The van der Waals surface area contributed by atoms with E-state index in [4.69, 9.17) is 17.3 Å². The average Bonchev–Trinajstić information content (AvgIpc) is 3.05. The van der Waals surface area contributed by atoms with E-state index in [2.05, 4.69) is 0 Å². The minimum atomic E-state index is -3.01. The van der Waals surface area contributed by atoms with E-state index < -0.39 is 9.84 Å². The Balaban J connectivity index is 2.26. The van der Waals surface area contributed by atoms with Crippen molar-refractivity contribution in [1.82, 2.24) is 0 Å². The number of rotatable bonds is 4. The fourth-order valence-corrected chi connectivity index (χ4v) is 4.47.